The summed E-state index contributed by atoms with van der Waals surface area (Å²) in [5, 5.41) is 11.7. The minimum absolute atomic E-state index is 0.0472. The van der Waals surface area contributed by atoms with Crippen LogP contribution in [0.25, 0.3) is 0 Å². The van der Waals surface area contributed by atoms with Gasteiger partial charge in [0.05, 0.1) is 6.54 Å². The third kappa shape index (κ3) is 2.86. The predicted molar refractivity (Wildman–Crippen MR) is 68.6 cm³/mol. The van der Waals surface area contributed by atoms with E-state index in [0.29, 0.717) is 0 Å². The molecule has 0 spiro atoms. The number of nitrogens with zero attached hydrogens (tertiary/aromatic N) is 3. The minimum Gasteiger partial charge on any atom is -0.409 e. The smallest absolute Gasteiger partial charge is 0.320 e. The van der Waals surface area contributed by atoms with Gasteiger partial charge in [-0.2, -0.15) is 0 Å². The molecular weight excluding hydrogens is 232 g/mol. The molecule has 0 aromatic heterocycles. The largest absolute Gasteiger partial charge is 0.409 e. The normalized spacial score (nSPS) is 21.6. The number of hydrogen-bond donors (Lipinski definition) is 2. The highest BCUT2D eigenvalue weighted by molar-refractivity contribution is 5.86. The Kier molecular flexibility index (Phi) is 4.28. The zero-order valence-electron chi connectivity index (χ0n) is 10.7. The Hall–Kier alpha value is -1.46. The molecule has 0 atom stereocenters. The second-order valence-electron chi connectivity index (χ2n) is 5.13. The Labute approximate surface area is 107 Å². The molecular formula is C12H22N4O2. The van der Waals surface area contributed by atoms with Gasteiger partial charge in [0.1, 0.15) is 0 Å². The van der Waals surface area contributed by atoms with Gasteiger partial charge >= 0.3 is 6.03 Å². The lowest BCUT2D eigenvalue weighted by Gasteiger charge is -2.32. The van der Waals surface area contributed by atoms with Crippen molar-refractivity contribution < 1.29 is 10.0 Å². The van der Waals surface area contributed by atoms with Gasteiger partial charge in [-0.3, -0.25) is 0 Å². The molecule has 6 nitrogen and oxygen atoms in total. The van der Waals surface area contributed by atoms with Crippen molar-refractivity contribution in [3.8, 4) is 0 Å². The fourth-order valence-electron chi connectivity index (χ4n) is 2.87. The summed E-state index contributed by atoms with van der Waals surface area (Å²) in [5.41, 5.74) is 5.57. The first-order valence-electron chi connectivity index (χ1n) is 6.74. The SMILES string of the molecule is NC(CN(C(=O)N1CCCC1)C1CCCC1)=NO. The van der Waals surface area contributed by atoms with Crippen molar-refractivity contribution in [1.82, 2.24) is 9.80 Å². The number of carbonyl (C=O) groups is 1. The first-order valence-corrected chi connectivity index (χ1v) is 6.74. The van der Waals surface area contributed by atoms with Crippen molar-refractivity contribution in [2.45, 2.75) is 44.6 Å². The van der Waals surface area contributed by atoms with Gasteiger partial charge in [-0.1, -0.05) is 18.0 Å². The highest BCUT2D eigenvalue weighted by Gasteiger charge is 2.31. The van der Waals surface area contributed by atoms with E-state index >= 15 is 0 Å². The average molecular weight is 254 g/mol. The van der Waals surface area contributed by atoms with Gasteiger partial charge in [-0.05, 0) is 25.7 Å². The lowest BCUT2D eigenvalue weighted by Crippen LogP contribution is -2.49. The minimum atomic E-state index is 0.0472. The van der Waals surface area contributed by atoms with E-state index in [9.17, 15) is 4.79 Å². The lowest BCUT2D eigenvalue weighted by molar-refractivity contribution is 0.150. The number of likely N-dealkylation sites (tertiary alicyclic amines) is 1. The third-order valence-electron chi connectivity index (χ3n) is 3.85. The molecule has 102 valence electrons. The van der Waals surface area contributed by atoms with Crippen LogP contribution in [0, 0.1) is 0 Å². The average Bonchev–Trinajstić information content (AvgIpc) is 3.06. The van der Waals surface area contributed by atoms with Crippen molar-refractivity contribution in [2.75, 3.05) is 19.6 Å². The molecule has 2 aliphatic rings. The molecule has 3 N–H and O–H groups in total. The summed E-state index contributed by atoms with van der Waals surface area (Å²) >= 11 is 0. The van der Waals surface area contributed by atoms with E-state index in [2.05, 4.69) is 5.16 Å². The van der Waals surface area contributed by atoms with Crippen LogP contribution in [0.2, 0.25) is 0 Å². The van der Waals surface area contributed by atoms with Crippen LogP contribution in [0.5, 0.6) is 0 Å². The highest BCUT2D eigenvalue weighted by Crippen LogP contribution is 2.25. The molecule has 1 aliphatic carbocycles. The van der Waals surface area contributed by atoms with Crippen molar-refractivity contribution >= 4 is 11.9 Å². The Morgan fingerprint density at radius 2 is 1.89 bits per heavy atom. The number of carbonyl (C=O) groups excluding carboxylic acids is 1. The monoisotopic (exact) mass is 254 g/mol. The number of urea groups is 1. The highest BCUT2D eigenvalue weighted by atomic mass is 16.4. The summed E-state index contributed by atoms with van der Waals surface area (Å²) in [6.45, 7) is 1.90. The molecule has 6 heteroatoms. The number of nitrogens with two attached hydrogens (primary N) is 1. The summed E-state index contributed by atoms with van der Waals surface area (Å²) in [5.74, 6) is 0.106. The summed E-state index contributed by atoms with van der Waals surface area (Å²) in [6, 6.07) is 0.296. The molecule has 0 bridgehead atoms. The molecule has 2 fully saturated rings. The maximum atomic E-state index is 12.4. The third-order valence-corrected chi connectivity index (χ3v) is 3.85. The van der Waals surface area contributed by atoms with Crippen LogP contribution in [-0.2, 0) is 0 Å². The number of rotatable bonds is 3. The first kappa shape index (κ1) is 13.0. The molecule has 0 radical (unpaired) electrons. The van der Waals surface area contributed by atoms with Crippen LogP contribution >= 0.6 is 0 Å². The molecule has 1 saturated carbocycles. The van der Waals surface area contributed by atoms with Gasteiger partial charge in [0.2, 0.25) is 0 Å². The molecule has 1 saturated heterocycles. The first-order chi connectivity index (χ1) is 8.72. The van der Waals surface area contributed by atoms with Crippen molar-refractivity contribution in [2.24, 2.45) is 10.9 Å². The molecule has 1 heterocycles. The van der Waals surface area contributed by atoms with E-state index in [4.69, 9.17) is 10.9 Å². The Balaban J connectivity index is 2.04. The van der Waals surface area contributed by atoms with Crippen LogP contribution in [0.1, 0.15) is 38.5 Å². The zero-order valence-corrected chi connectivity index (χ0v) is 10.7. The maximum Gasteiger partial charge on any atom is 0.320 e. The van der Waals surface area contributed by atoms with E-state index in [1.807, 2.05) is 4.90 Å². The topological polar surface area (TPSA) is 82.2 Å². The van der Waals surface area contributed by atoms with E-state index in [1.165, 1.54) is 0 Å². The molecule has 0 aromatic rings. The summed E-state index contributed by atoms with van der Waals surface area (Å²) in [6.07, 6.45) is 6.52. The van der Waals surface area contributed by atoms with Gasteiger partial charge in [-0.25, -0.2) is 4.79 Å². The summed E-state index contributed by atoms with van der Waals surface area (Å²) < 4.78 is 0. The number of amidine groups is 1. The van der Waals surface area contributed by atoms with Gasteiger partial charge in [-0.15, -0.1) is 0 Å². The van der Waals surface area contributed by atoms with Gasteiger partial charge in [0.15, 0.2) is 5.84 Å². The molecule has 0 aromatic carbocycles. The van der Waals surface area contributed by atoms with Crippen LogP contribution < -0.4 is 5.73 Å². The van der Waals surface area contributed by atoms with Gasteiger partial charge in [0.25, 0.3) is 0 Å². The van der Waals surface area contributed by atoms with E-state index < -0.39 is 0 Å². The summed E-state index contributed by atoms with van der Waals surface area (Å²) in [4.78, 5) is 16.1. The number of oxime groups is 1. The molecule has 0 unspecified atom stereocenters. The van der Waals surface area contributed by atoms with Crippen LogP contribution in [0.15, 0.2) is 5.16 Å². The Morgan fingerprint density at radius 3 is 2.44 bits per heavy atom. The van der Waals surface area contributed by atoms with Crippen LogP contribution in [0.4, 0.5) is 4.79 Å². The Morgan fingerprint density at radius 1 is 1.28 bits per heavy atom. The van der Waals surface area contributed by atoms with Crippen molar-refractivity contribution in [3.63, 3.8) is 0 Å². The number of amides is 2. The fourth-order valence-corrected chi connectivity index (χ4v) is 2.87. The molecule has 2 rings (SSSR count). The maximum absolute atomic E-state index is 12.4. The second kappa shape index (κ2) is 5.93. The van der Waals surface area contributed by atoms with Gasteiger partial charge < -0.3 is 20.7 Å². The fraction of sp³-hybridized carbons (Fsp3) is 0.833. The van der Waals surface area contributed by atoms with Gasteiger partial charge in [0, 0.05) is 19.1 Å². The van der Waals surface area contributed by atoms with Crippen molar-refractivity contribution in [3.05, 3.63) is 0 Å². The standard InChI is InChI=1S/C12H22N4O2/c13-11(14-18)9-16(10-5-1-2-6-10)12(17)15-7-3-4-8-15/h10,18H,1-9H2,(H2,13,14). The second-order valence-corrected chi connectivity index (χ2v) is 5.13. The van der Waals surface area contributed by atoms with Crippen molar-refractivity contribution in [1.29, 1.82) is 0 Å². The summed E-state index contributed by atoms with van der Waals surface area (Å²) in [7, 11) is 0. The van der Waals surface area contributed by atoms with Crippen LogP contribution in [0.3, 0.4) is 0 Å². The van der Waals surface area contributed by atoms with Crippen LogP contribution in [-0.4, -0.2) is 52.5 Å². The molecule has 18 heavy (non-hydrogen) atoms. The molecule has 2 amide bonds. The Bertz CT molecular complexity index is 320. The predicted octanol–water partition coefficient (Wildman–Crippen LogP) is 1.19. The molecule has 1 aliphatic heterocycles. The van der Waals surface area contributed by atoms with E-state index in [0.717, 1.165) is 51.6 Å². The zero-order chi connectivity index (χ0) is 13.0. The lowest BCUT2D eigenvalue weighted by atomic mass is 10.2. The number of hydrogen-bond acceptors (Lipinski definition) is 3. The quantitative estimate of drug-likeness (QED) is 0.343. The van der Waals surface area contributed by atoms with E-state index in [-0.39, 0.29) is 24.5 Å². The van der Waals surface area contributed by atoms with E-state index in [1.54, 1.807) is 4.90 Å².